The number of aliphatic carboxylic acids is 1. The number of carbonyl (C=O) groups excluding carboxylic acids is 1. The molecule has 1 fully saturated rings. The lowest BCUT2D eigenvalue weighted by molar-refractivity contribution is -0.140. The summed E-state index contributed by atoms with van der Waals surface area (Å²) in [5.41, 5.74) is 0.223. The van der Waals surface area contributed by atoms with E-state index in [9.17, 15) is 23.1 Å². The highest BCUT2D eigenvalue weighted by Crippen LogP contribution is 2.26. The van der Waals surface area contributed by atoms with E-state index in [4.69, 9.17) is 0 Å². The topological polar surface area (TPSA) is 104 Å². The van der Waals surface area contributed by atoms with Crippen molar-refractivity contribution in [3.8, 4) is 0 Å². The molecule has 7 nitrogen and oxygen atoms in total. The Morgan fingerprint density at radius 3 is 2.07 bits per heavy atom. The van der Waals surface area contributed by atoms with Gasteiger partial charge in [-0.05, 0) is 48.4 Å². The summed E-state index contributed by atoms with van der Waals surface area (Å²) in [5, 5.41) is 11.6. The zero-order chi connectivity index (χ0) is 20.4. The average Bonchev–Trinajstić information content (AvgIpc) is 2.58. The van der Waals surface area contributed by atoms with E-state index in [-0.39, 0.29) is 16.4 Å². The predicted molar refractivity (Wildman–Crippen MR) is 102 cm³/mol. The zero-order valence-corrected chi connectivity index (χ0v) is 17.0. The molecule has 1 aliphatic heterocycles. The molecule has 27 heavy (non-hydrogen) atoms. The number of nitrogens with zero attached hydrogens (tertiary/aromatic N) is 1. The van der Waals surface area contributed by atoms with Crippen molar-refractivity contribution in [3.63, 3.8) is 0 Å². The molecule has 3 atom stereocenters. The van der Waals surface area contributed by atoms with Crippen LogP contribution in [0, 0.1) is 17.8 Å². The highest BCUT2D eigenvalue weighted by atomic mass is 32.2. The van der Waals surface area contributed by atoms with E-state index in [1.807, 2.05) is 13.8 Å². The molecule has 2 unspecified atom stereocenters. The molecular weight excluding hydrogens is 368 g/mol. The molecule has 0 bridgehead atoms. The van der Waals surface area contributed by atoms with Gasteiger partial charge in [-0.2, -0.15) is 4.31 Å². The van der Waals surface area contributed by atoms with E-state index >= 15 is 0 Å². The molecule has 2 N–H and O–H groups in total. The molecule has 0 aromatic heterocycles. The number of carboxylic acid groups (broad SMARTS) is 1. The summed E-state index contributed by atoms with van der Waals surface area (Å²) in [4.78, 5) is 23.6. The Kier molecular flexibility index (Phi) is 6.64. The lowest BCUT2D eigenvalue weighted by Crippen LogP contribution is -2.44. The summed E-state index contributed by atoms with van der Waals surface area (Å²) in [7, 11) is -3.61. The number of amides is 1. The Labute approximate surface area is 160 Å². The van der Waals surface area contributed by atoms with Crippen molar-refractivity contribution in [2.75, 3.05) is 13.1 Å². The molecule has 1 aromatic carbocycles. The molecule has 1 amide bonds. The summed E-state index contributed by atoms with van der Waals surface area (Å²) >= 11 is 0. The minimum absolute atomic E-state index is 0.138. The third-order valence-corrected chi connectivity index (χ3v) is 6.65. The monoisotopic (exact) mass is 396 g/mol. The minimum Gasteiger partial charge on any atom is -0.480 e. The maximum Gasteiger partial charge on any atom is 0.326 e. The first-order chi connectivity index (χ1) is 12.5. The van der Waals surface area contributed by atoms with Crippen LogP contribution >= 0.6 is 0 Å². The smallest absolute Gasteiger partial charge is 0.326 e. The molecule has 1 heterocycles. The number of hydrogen-bond donors (Lipinski definition) is 2. The summed E-state index contributed by atoms with van der Waals surface area (Å²) in [6.07, 6.45) is 1.01. The van der Waals surface area contributed by atoms with Crippen LogP contribution in [0.1, 0.15) is 44.5 Å². The molecule has 1 aromatic rings. The molecule has 0 spiro atoms. The van der Waals surface area contributed by atoms with Crippen LogP contribution in [0.5, 0.6) is 0 Å². The van der Waals surface area contributed by atoms with E-state index in [0.717, 1.165) is 6.42 Å². The molecule has 1 aliphatic rings. The maximum atomic E-state index is 12.9. The SMILES string of the molecule is CC1CC(C)CN(S(=O)(=O)c2ccc(C(=O)N[C@@H](C(=O)O)C(C)C)cc2)C1. The molecule has 0 radical (unpaired) electrons. The van der Waals surface area contributed by atoms with Crippen LogP contribution in [-0.2, 0) is 14.8 Å². The number of rotatable bonds is 6. The van der Waals surface area contributed by atoms with Gasteiger partial charge in [-0.25, -0.2) is 13.2 Å². The van der Waals surface area contributed by atoms with Crippen LogP contribution in [0.15, 0.2) is 29.2 Å². The average molecular weight is 397 g/mol. The van der Waals surface area contributed by atoms with Gasteiger partial charge in [0.2, 0.25) is 10.0 Å². The fraction of sp³-hybridized carbons (Fsp3) is 0.579. The quantitative estimate of drug-likeness (QED) is 0.767. The second-order valence-corrected chi connectivity index (χ2v) is 9.76. The number of hydrogen-bond acceptors (Lipinski definition) is 4. The number of sulfonamides is 1. The van der Waals surface area contributed by atoms with E-state index in [0.29, 0.717) is 24.9 Å². The minimum atomic E-state index is -3.61. The van der Waals surface area contributed by atoms with Crippen molar-refractivity contribution >= 4 is 21.9 Å². The molecular formula is C19H28N2O5S. The third-order valence-electron chi connectivity index (χ3n) is 4.81. The van der Waals surface area contributed by atoms with Crippen LogP contribution in [0.25, 0.3) is 0 Å². The van der Waals surface area contributed by atoms with Gasteiger partial charge in [-0.3, -0.25) is 4.79 Å². The Hall–Kier alpha value is -1.93. The predicted octanol–water partition coefficient (Wildman–Crippen LogP) is 2.19. The number of piperidine rings is 1. The normalized spacial score (nSPS) is 22.4. The number of nitrogens with one attached hydrogen (secondary N) is 1. The van der Waals surface area contributed by atoms with E-state index in [2.05, 4.69) is 5.32 Å². The largest absolute Gasteiger partial charge is 0.480 e. The first-order valence-corrected chi connectivity index (χ1v) is 10.6. The zero-order valence-electron chi connectivity index (χ0n) is 16.2. The van der Waals surface area contributed by atoms with E-state index in [1.54, 1.807) is 13.8 Å². The number of benzene rings is 1. The van der Waals surface area contributed by atoms with Gasteiger partial charge in [0.05, 0.1) is 4.90 Å². The van der Waals surface area contributed by atoms with Crippen LogP contribution in [0.3, 0.4) is 0 Å². The number of carboxylic acids is 1. The standard InChI is InChI=1S/C19H28N2O5S/c1-12(2)17(19(23)24)20-18(22)15-5-7-16(8-6-15)27(25,26)21-10-13(3)9-14(4)11-21/h5-8,12-14,17H,9-11H2,1-4H3,(H,20,22)(H,23,24)/t13?,14?,17-/m1/s1. The van der Waals surface area contributed by atoms with Gasteiger partial charge in [0.1, 0.15) is 6.04 Å². The van der Waals surface area contributed by atoms with E-state index < -0.39 is 27.9 Å². The number of carbonyl (C=O) groups is 2. The van der Waals surface area contributed by atoms with Crippen LogP contribution in [0.2, 0.25) is 0 Å². The van der Waals surface area contributed by atoms with Crippen LogP contribution < -0.4 is 5.32 Å². The Balaban J connectivity index is 2.16. The summed E-state index contributed by atoms with van der Waals surface area (Å²) in [6.45, 7) is 8.47. The first kappa shape index (κ1) is 21.4. The fourth-order valence-electron chi connectivity index (χ4n) is 3.47. The highest BCUT2D eigenvalue weighted by molar-refractivity contribution is 7.89. The van der Waals surface area contributed by atoms with Crippen LogP contribution in [-0.4, -0.2) is 48.8 Å². The van der Waals surface area contributed by atoms with Gasteiger partial charge >= 0.3 is 5.97 Å². The van der Waals surface area contributed by atoms with Crippen molar-refractivity contribution in [2.24, 2.45) is 17.8 Å². The van der Waals surface area contributed by atoms with Crippen molar-refractivity contribution in [2.45, 2.75) is 45.1 Å². The summed E-state index contributed by atoms with van der Waals surface area (Å²) in [5.74, 6) is -1.31. The lowest BCUT2D eigenvalue weighted by atomic mass is 9.94. The van der Waals surface area contributed by atoms with Gasteiger partial charge in [-0.15, -0.1) is 0 Å². The van der Waals surface area contributed by atoms with Crippen molar-refractivity contribution < 1.29 is 23.1 Å². The summed E-state index contributed by atoms with van der Waals surface area (Å²) in [6, 6.07) is 4.63. The maximum absolute atomic E-state index is 12.9. The van der Waals surface area contributed by atoms with Gasteiger partial charge in [-0.1, -0.05) is 27.7 Å². The molecule has 1 saturated heterocycles. The fourth-order valence-corrected chi connectivity index (χ4v) is 5.15. The van der Waals surface area contributed by atoms with E-state index in [1.165, 1.54) is 28.6 Å². The molecule has 0 saturated carbocycles. The van der Waals surface area contributed by atoms with Crippen molar-refractivity contribution in [1.82, 2.24) is 9.62 Å². The molecule has 0 aliphatic carbocycles. The van der Waals surface area contributed by atoms with Crippen molar-refractivity contribution in [1.29, 1.82) is 0 Å². The molecule has 150 valence electrons. The van der Waals surface area contributed by atoms with Gasteiger partial charge in [0, 0.05) is 18.7 Å². The second kappa shape index (κ2) is 8.39. The van der Waals surface area contributed by atoms with Gasteiger partial charge < -0.3 is 10.4 Å². The molecule has 8 heteroatoms. The Morgan fingerprint density at radius 1 is 1.11 bits per heavy atom. The second-order valence-electron chi connectivity index (χ2n) is 7.83. The highest BCUT2D eigenvalue weighted by Gasteiger charge is 2.32. The van der Waals surface area contributed by atoms with Gasteiger partial charge in [0.25, 0.3) is 5.91 Å². The Morgan fingerprint density at radius 2 is 1.63 bits per heavy atom. The third kappa shape index (κ3) is 5.07. The van der Waals surface area contributed by atoms with Gasteiger partial charge in [0.15, 0.2) is 0 Å². The molecule has 2 rings (SSSR count). The van der Waals surface area contributed by atoms with Crippen LogP contribution in [0.4, 0.5) is 0 Å². The lowest BCUT2D eigenvalue weighted by Gasteiger charge is -2.34. The Bertz CT molecular complexity index is 779. The first-order valence-electron chi connectivity index (χ1n) is 9.16. The summed E-state index contributed by atoms with van der Waals surface area (Å²) < 4.78 is 27.2. The van der Waals surface area contributed by atoms with Crippen molar-refractivity contribution in [3.05, 3.63) is 29.8 Å².